The van der Waals surface area contributed by atoms with E-state index in [9.17, 15) is 26.4 Å². The predicted molar refractivity (Wildman–Crippen MR) is 118 cm³/mol. The van der Waals surface area contributed by atoms with Crippen molar-refractivity contribution in [3.8, 4) is 11.5 Å². The van der Waals surface area contributed by atoms with Crippen LogP contribution in [-0.2, 0) is 27.5 Å². The van der Waals surface area contributed by atoms with E-state index in [0.717, 1.165) is 23.9 Å². The summed E-state index contributed by atoms with van der Waals surface area (Å²) in [6.45, 7) is 0. The Morgan fingerprint density at radius 2 is 1.62 bits per heavy atom. The largest absolute Gasteiger partial charge is 0.496 e. The van der Waals surface area contributed by atoms with E-state index in [1.165, 1.54) is 25.3 Å². The van der Waals surface area contributed by atoms with Gasteiger partial charge in [-0.05, 0) is 42.0 Å². The minimum atomic E-state index is -4.61. The van der Waals surface area contributed by atoms with Crippen molar-refractivity contribution in [1.29, 1.82) is 0 Å². The third kappa shape index (κ3) is 6.35. The summed E-state index contributed by atoms with van der Waals surface area (Å²) >= 11 is 0. The second-order valence-electron chi connectivity index (χ2n) is 6.89. The van der Waals surface area contributed by atoms with Gasteiger partial charge in [0.25, 0.3) is 0 Å². The number of methoxy groups -OCH3 is 1. The Labute approximate surface area is 194 Å². The fourth-order valence-corrected chi connectivity index (χ4v) is 3.82. The van der Waals surface area contributed by atoms with Gasteiger partial charge in [-0.1, -0.05) is 36.4 Å². The molecule has 3 aromatic rings. The molecular weight excluding hydrogens is 473 g/mol. The molecule has 34 heavy (non-hydrogen) atoms. The number of halogens is 3. The Morgan fingerprint density at radius 3 is 2.24 bits per heavy atom. The van der Waals surface area contributed by atoms with Crippen molar-refractivity contribution in [2.45, 2.75) is 17.5 Å². The van der Waals surface area contributed by atoms with Gasteiger partial charge >= 0.3 is 16.3 Å². The number of ether oxygens (including phenoxy) is 1. The van der Waals surface area contributed by atoms with E-state index in [1.807, 2.05) is 6.07 Å². The fraction of sp³-hybridized carbons (Fsp3) is 0.130. The van der Waals surface area contributed by atoms with Crippen LogP contribution in [0.4, 0.5) is 13.2 Å². The number of nitrogens with zero attached hydrogens (tertiary/aromatic N) is 1. The lowest BCUT2D eigenvalue weighted by Crippen LogP contribution is -2.20. The molecule has 11 heteroatoms. The SMILES string of the molecule is COc1cccc(OS(=O)(=O)c2ccc(C(F)(F)F)cc2)c1C=NNC(=O)Cc1ccccc1. The van der Waals surface area contributed by atoms with Crippen molar-refractivity contribution in [2.75, 3.05) is 7.11 Å². The highest BCUT2D eigenvalue weighted by Crippen LogP contribution is 2.32. The first-order valence-electron chi connectivity index (χ1n) is 9.75. The van der Waals surface area contributed by atoms with E-state index in [1.54, 1.807) is 24.3 Å². The van der Waals surface area contributed by atoms with Crippen LogP contribution in [0.15, 0.2) is 82.8 Å². The van der Waals surface area contributed by atoms with Gasteiger partial charge in [0.2, 0.25) is 5.91 Å². The molecule has 0 spiro atoms. The average molecular weight is 492 g/mol. The van der Waals surface area contributed by atoms with Crippen molar-refractivity contribution in [3.05, 3.63) is 89.5 Å². The number of hydrogen-bond donors (Lipinski definition) is 1. The Balaban J connectivity index is 1.80. The number of nitrogens with one attached hydrogen (secondary N) is 1. The number of rotatable bonds is 8. The van der Waals surface area contributed by atoms with Crippen molar-refractivity contribution >= 4 is 22.2 Å². The van der Waals surface area contributed by atoms with E-state index < -0.39 is 32.7 Å². The molecule has 0 aromatic heterocycles. The zero-order valence-electron chi connectivity index (χ0n) is 17.7. The molecule has 1 amide bonds. The molecular formula is C23H19F3N2O5S. The highest BCUT2D eigenvalue weighted by atomic mass is 32.2. The highest BCUT2D eigenvalue weighted by Gasteiger charge is 2.31. The van der Waals surface area contributed by atoms with Crippen molar-refractivity contribution in [2.24, 2.45) is 5.10 Å². The van der Waals surface area contributed by atoms with E-state index in [0.29, 0.717) is 12.1 Å². The number of hydrazone groups is 1. The molecule has 3 aromatic carbocycles. The maximum atomic E-state index is 12.8. The van der Waals surface area contributed by atoms with Crippen LogP contribution in [0.25, 0.3) is 0 Å². The summed E-state index contributed by atoms with van der Waals surface area (Å²) in [4.78, 5) is 11.6. The number of benzene rings is 3. The molecule has 0 saturated carbocycles. The second-order valence-corrected chi connectivity index (χ2v) is 8.43. The highest BCUT2D eigenvalue weighted by molar-refractivity contribution is 7.87. The molecule has 0 radical (unpaired) electrons. The third-order valence-corrected chi connectivity index (χ3v) is 5.75. The number of carbonyl (C=O) groups is 1. The summed E-state index contributed by atoms with van der Waals surface area (Å²) < 4.78 is 73.9. The van der Waals surface area contributed by atoms with Gasteiger partial charge in [-0.2, -0.15) is 26.7 Å². The van der Waals surface area contributed by atoms with E-state index in [-0.39, 0.29) is 23.5 Å². The molecule has 7 nitrogen and oxygen atoms in total. The molecule has 0 bridgehead atoms. The molecule has 0 fully saturated rings. The Kier molecular flexibility index (Phi) is 7.57. The minimum Gasteiger partial charge on any atom is -0.496 e. The average Bonchev–Trinajstić information content (AvgIpc) is 2.80. The van der Waals surface area contributed by atoms with Crippen LogP contribution in [0, 0.1) is 0 Å². The van der Waals surface area contributed by atoms with Gasteiger partial charge in [0.05, 0.1) is 30.9 Å². The standard InChI is InChI=1S/C23H19F3N2O5S/c1-32-20-8-5-9-21(19(20)15-27-28-22(29)14-16-6-3-2-4-7-16)33-34(30,31)18-12-10-17(11-13-18)23(24,25)26/h2-13,15H,14H2,1H3,(H,28,29). The first-order valence-corrected chi connectivity index (χ1v) is 11.2. The smallest absolute Gasteiger partial charge is 0.416 e. The van der Waals surface area contributed by atoms with Gasteiger partial charge < -0.3 is 8.92 Å². The number of amides is 1. The quantitative estimate of drug-likeness (QED) is 0.289. The lowest BCUT2D eigenvalue weighted by molar-refractivity contribution is -0.137. The van der Waals surface area contributed by atoms with Gasteiger partial charge in [-0.3, -0.25) is 4.79 Å². The summed E-state index contributed by atoms with van der Waals surface area (Å²) in [6.07, 6.45) is -3.38. The molecule has 3 rings (SSSR count). The van der Waals surface area contributed by atoms with Crippen molar-refractivity contribution in [1.82, 2.24) is 5.43 Å². The summed E-state index contributed by atoms with van der Waals surface area (Å²) in [6, 6.07) is 16.2. The monoisotopic (exact) mass is 492 g/mol. The number of hydrogen-bond acceptors (Lipinski definition) is 6. The van der Waals surface area contributed by atoms with Gasteiger partial charge in [0, 0.05) is 0 Å². The second kappa shape index (κ2) is 10.4. The molecule has 0 unspecified atom stereocenters. The molecule has 0 aliphatic heterocycles. The normalized spacial score (nSPS) is 11.9. The topological polar surface area (TPSA) is 94.1 Å². The van der Waals surface area contributed by atoms with Crippen molar-refractivity contribution < 1.29 is 35.3 Å². The van der Waals surface area contributed by atoms with Crippen LogP contribution < -0.4 is 14.3 Å². The summed E-state index contributed by atoms with van der Waals surface area (Å²) in [5.41, 5.74) is 2.22. The minimum absolute atomic E-state index is 0.0791. The van der Waals surface area contributed by atoms with Gasteiger partial charge in [-0.25, -0.2) is 5.43 Å². The summed E-state index contributed by atoms with van der Waals surface area (Å²) in [5.74, 6) is -0.404. The van der Waals surface area contributed by atoms with E-state index in [4.69, 9.17) is 8.92 Å². The zero-order chi connectivity index (χ0) is 24.8. The van der Waals surface area contributed by atoms with Crippen LogP contribution in [-0.4, -0.2) is 27.6 Å². The summed E-state index contributed by atoms with van der Waals surface area (Å²) in [5, 5.41) is 3.84. The third-order valence-electron chi connectivity index (χ3n) is 4.51. The molecule has 0 atom stereocenters. The van der Waals surface area contributed by atoms with E-state index >= 15 is 0 Å². The first kappa shape index (κ1) is 24.8. The predicted octanol–water partition coefficient (Wildman–Crippen LogP) is 4.17. The molecule has 178 valence electrons. The van der Waals surface area contributed by atoms with Gasteiger partial charge in [0.15, 0.2) is 5.75 Å². The zero-order valence-corrected chi connectivity index (χ0v) is 18.6. The van der Waals surface area contributed by atoms with Crippen LogP contribution in [0.2, 0.25) is 0 Å². The van der Waals surface area contributed by atoms with Crippen LogP contribution in [0.1, 0.15) is 16.7 Å². The fourth-order valence-electron chi connectivity index (χ4n) is 2.87. The van der Waals surface area contributed by atoms with Crippen LogP contribution in [0.3, 0.4) is 0 Å². The Bertz CT molecular complexity index is 1280. The van der Waals surface area contributed by atoms with Crippen molar-refractivity contribution in [3.63, 3.8) is 0 Å². The number of carbonyl (C=O) groups excluding carboxylic acids is 1. The molecule has 0 heterocycles. The number of alkyl halides is 3. The molecule has 0 aliphatic carbocycles. The first-order chi connectivity index (χ1) is 16.1. The maximum absolute atomic E-state index is 12.8. The Morgan fingerprint density at radius 1 is 0.971 bits per heavy atom. The van der Waals surface area contributed by atoms with Gasteiger partial charge in [-0.15, -0.1) is 0 Å². The lowest BCUT2D eigenvalue weighted by atomic mass is 10.1. The molecule has 0 saturated heterocycles. The molecule has 0 aliphatic rings. The Hall–Kier alpha value is -3.86. The van der Waals surface area contributed by atoms with Gasteiger partial charge in [0.1, 0.15) is 10.6 Å². The molecule has 1 N–H and O–H groups in total. The van der Waals surface area contributed by atoms with Crippen LogP contribution >= 0.6 is 0 Å². The van der Waals surface area contributed by atoms with E-state index in [2.05, 4.69) is 10.5 Å². The lowest BCUT2D eigenvalue weighted by Gasteiger charge is -2.13. The summed E-state index contributed by atoms with van der Waals surface area (Å²) in [7, 11) is -3.13. The van der Waals surface area contributed by atoms with Crippen LogP contribution in [0.5, 0.6) is 11.5 Å². The maximum Gasteiger partial charge on any atom is 0.416 e.